The van der Waals surface area contributed by atoms with Crippen LogP contribution in [0, 0.1) is 0 Å². The van der Waals surface area contributed by atoms with Crippen LogP contribution in [0.15, 0.2) is 51.7 Å². The predicted molar refractivity (Wildman–Crippen MR) is 114 cm³/mol. The summed E-state index contributed by atoms with van der Waals surface area (Å²) in [4.78, 5) is 36.5. The molecule has 5 nitrogen and oxygen atoms in total. The Hall–Kier alpha value is -3.21. The normalized spacial score (nSPS) is 12.7. The van der Waals surface area contributed by atoms with E-state index in [0.29, 0.717) is 16.7 Å². The minimum Gasteiger partial charge on any atom is -0.461 e. The van der Waals surface area contributed by atoms with Crippen LogP contribution in [0.2, 0.25) is 0 Å². The first-order valence-corrected chi connectivity index (χ1v) is 10.4. The van der Waals surface area contributed by atoms with Gasteiger partial charge in [-0.25, -0.2) is 4.79 Å². The summed E-state index contributed by atoms with van der Waals surface area (Å²) < 4.78 is 10.6. The molecule has 0 N–H and O–H groups in total. The average molecular weight is 404 g/mol. The largest absolute Gasteiger partial charge is 0.461 e. The van der Waals surface area contributed by atoms with Crippen molar-refractivity contribution in [2.24, 2.45) is 0 Å². The zero-order valence-corrected chi connectivity index (χ0v) is 17.0. The third-order valence-corrected chi connectivity index (χ3v) is 5.67. The molecular formula is C25H24O5. The van der Waals surface area contributed by atoms with Gasteiger partial charge in [0.15, 0.2) is 5.78 Å². The standard InChI is InChI=1S/C25H24O5/c1-2-16-6-9-21-20(14-25(28)30-23(21)12-16)15-29-24(27)11-10-22(26)19-8-7-17-4-3-5-18(17)13-19/h6-9,12-14H,2-5,10-11,15H2,1H3. The molecule has 1 aromatic heterocycles. The first-order chi connectivity index (χ1) is 14.5. The van der Waals surface area contributed by atoms with Crippen LogP contribution < -0.4 is 5.63 Å². The van der Waals surface area contributed by atoms with E-state index >= 15 is 0 Å². The van der Waals surface area contributed by atoms with Crippen LogP contribution in [0.25, 0.3) is 11.0 Å². The van der Waals surface area contributed by atoms with E-state index in [1.54, 1.807) is 0 Å². The summed E-state index contributed by atoms with van der Waals surface area (Å²) in [5.74, 6) is -0.518. The fourth-order valence-corrected chi connectivity index (χ4v) is 3.95. The summed E-state index contributed by atoms with van der Waals surface area (Å²) in [6.07, 6.45) is 4.16. The molecule has 0 atom stereocenters. The minimum atomic E-state index is -0.478. The van der Waals surface area contributed by atoms with Gasteiger partial charge in [0.2, 0.25) is 0 Å². The maximum atomic E-state index is 12.4. The van der Waals surface area contributed by atoms with Crippen molar-refractivity contribution in [3.05, 3.63) is 80.7 Å². The fraction of sp³-hybridized carbons (Fsp3) is 0.320. The van der Waals surface area contributed by atoms with Crippen LogP contribution in [-0.4, -0.2) is 11.8 Å². The van der Waals surface area contributed by atoms with Crippen molar-refractivity contribution in [3.63, 3.8) is 0 Å². The summed E-state index contributed by atoms with van der Waals surface area (Å²) in [5.41, 5.74) is 4.88. The van der Waals surface area contributed by atoms with Crippen LogP contribution in [0.4, 0.5) is 0 Å². The number of Topliss-reactive ketones (excluding diaryl/α,β-unsaturated/α-hetero) is 1. The van der Waals surface area contributed by atoms with Gasteiger partial charge in [0, 0.05) is 29.0 Å². The molecule has 30 heavy (non-hydrogen) atoms. The average Bonchev–Trinajstić information content (AvgIpc) is 3.23. The molecule has 0 saturated heterocycles. The molecular weight excluding hydrogens is 380 g/mol. The van der Waals surface area contributed by atoms with E-state index in [2.05, 4.69) is 0 Å². The molecule has 1 aliphatic rings. The lowest BCUT2D eigenvalue weighted by Gasteiger charge is -2.08. The SMILES string of the molecule is CCc1ccc2c(COC(=O)CCC(=O)c3ccc4c(c3)CCC4)cc(=O)oc2c1. The van der Waals surface area contributed by atoms with Gasteiger partial charge in [0.05, 0.1) is 6.42 Å². The Morgan fingerprint density at radius 1 is 1.00 bits per heavy atom. The molecule has 0 radical (unpaired) electrons. The second-order valence-electron chi connectivity index (χ2n) is 7.70. The van der Waals surface area contributed by atoms with E-state index in [9.17, 15) is 14.4 Å². The molecule has 5 heteroatoms. The molecule has 0 amide bonds. The number of hydrogen-bond donors (Lipinski definition) is 0. The lowest BCUT2D eigenvalue weighted by molar-refractivity contribution is -0.144. The van der Waals surface area contributed by atoms with Gasteiger partial charge < -0.3 is 9.15 Å². The van der Waals surface area contributed by atoms with Crippen molar-refractivity contribution < 1.29 is 18.7 Å². The Morgan fingerprint density at radius 2 is 1.83 bits per heavy atom. The molecule has 4 rings (SSSR count). The Labute approximate surface area is 174 Å². The van der Waals surface area contributed by atoms with Gasteiger partial charge in [-0.15, -0.1) is 0 Å². The van der Waals surface area contributed by atoms with Crippen molar-refractivity contribution >= 4 is 22.7 Å². The van der Waals surface area contributed by atoms with Gasteiger partial charge >= 0.3 is 11.6 Å². The molecule has 0 fully saturated rings. The van der Waals surface area contributed by atoms with E-state index in [0.717, 1.165) is 36.6 Å². The molecule has 2 aromatic carbocycles. The number of carbonyl (C=O) groups excluding carboxylic acids is 2. The number of esters is 1. The molecule has 1 heterocycles. The molecule has 3 aromatic rings. The molecule has 0 saturated carbocycles. The van der Waals surface area contributed by atoms with Crippen molar-refractivity contribution in [2.75, 3.05) is 0 Å². The zero-order chi connectivity index (χ0) is 21.1. The highest BCUT2D eigenvalue weighted by Gasteiger charge is 2.16. The Kier molecular flexibility index (Phi) is 5.79. The number of benzene rings is 2. The van der Waals surface area contributed by atoms with Crippen LogP contribution >= 0.6 is 0 Å². The topological polar surface area (TPSA) is 73.6 Å². The van der Waals surface area contributed by atoms with Gasteiger partial charge in [-0.1, -0.05) is 31.2 Å². The summed E-state index contributed by atoms with van der Waals surface area (Å²) >= 11 is 0. The number of aryl methyl sites for hydroxylation is 3. The Morgan fingerprint density at radius 3 is 2.67 bits per heavy atom. The van der Waals surface area contributed by atoms with Crippen molar-refractivity contribution in [1.29, 1.82) is 0 Å². The van der Waals surface area contributed by atoms with E-state index in [4.69, 9.17) is 9.15 Å². The first kappa shape index (κ1) is 20.1. The Bertz CT molecular complexity index is 1170. The highest BCUT2D eigenvalue weighted by atomic mass is 16.5. The van der Waals surface area contributed by atoms with Gasteiger partial charge in [-0.3, -0.25) is 9.59 Å². The third-order valence-electron chi connectivity index (χ3n) is 5.67. The van der Waals surface area contributed by atoms with E-state index in [-0.39, 0.29) is 25.2 Å². The molecule has 0 bridgehead atoms. The number of hydrogen-bond acceptors (Lipinski definition) is 5. The third kappa shape index (κ3) is 4.35. The first-order valence-electron chi connectivity index (χ1n) is 10.4. The molecule has 0 aliphatic heterocycles. The highest BCUT2D eigenvalue weighted by molar-refractivity contribution is 5.97. The second kappa shape index (κ2) is 8.66. The van der Waals surface area contributed by atoms with Crippen LogP contribution in [0.3, 0.4) is 0 Å². The summed E-state index contributed by atoms with van der Waals surface area (Å²) in [6, 6.07) is 12.8. The summed E-state index contributed by atoms with van der Waals surface area (Å²) in [6.45, 7) is 1.99. The molecule has 154 valence electrons. The van der Waals surface area contributed by atoms with Crippen LogP contribution in [0.1, 0.15) is 58.8 Å². The maximum absolute atomic E-state index is 12.4. The molecule has 1 aliphatic carbocycles. The van der Waals surface area contributed by atoms with Crippen molar-refractivity contribution in [1.82, 2.24) is 0 Å². The number of fused-ring (bicyclic) bond motifs is 2. The molecule has 0 unspecified atom stereocenters. The lowest BCUT2D eigenvalue weighted by atomic mass is 10.0. The number of carbonyl (C=O) groups is 2. The van der Waals surface area contributed by atoms with E-state index in [1.165, 1.54) is 17.2 Å². The summed E-state index contributed by atoms with van der Waals surface area (Å²) in [5, 5.41) is 0.744. The van der Waals surface area contributed by atoms with Crippen LogP contribution in [-0.2, 0) is 35.4 Å². The fourth-order valence-electron chi connectivity index (χ4n) is 3.95. The number of ether oxygens (including phenoxy) is 1. The summed E-state index contributed by atoms with van der Waals surface area (Å²) in [7, 11) is 0. The monoisotopic (exact) mass is 404 g/mol. The predicted octanol–water partition coefficient (Wildman–Crippen LogP) is 4.55. The van der Waals surface area contributed by atoms with Crippen molar-refractivity contribution in [2.45, 2.75) is 52.1 Å². The van der Waals surface area contributed by atoms with E-state index in [1.807, 2.05) is 43.3 Å². The van der Waals surface area contributed by atoms with Gasteiger partial charge in [0.1, 0.15) is 12.2 Å². The highest BCUT2D eigenvalue weighted by Crippen LogP contribution is 2.24. The van der Waals surface area contributed by atoms with Gasteiger partial charge in [0.25, 0.3) is 0 Å². The zero-order valence-electron chi connectivity index (χ0n) is 17.0. The maximum Gasteiger partial charge on any atom is 0.336 e. The second-order valence-corrected chi connectivity index (χ2v) is 7.70. The number of ketones is 1. The van der Waals surface area contributed by atoms with Crippen molar-refractivity contribution in [3.8, 4) is 0 Å². The van der Waals surface area contributed by atoms with E-state index < -0.39 is 11.6 Å². The quantitative estimate of drug-likeness (QED) is 0.328. The van der Waals surface area contributed by atoms with Gasteiger partial charge in [-0.05, 0) is 54.5 Å². The lowest BCUT2D eigenvalue weighted by Crippen LogP contribution is -2.10. The molecule has 0 spiro atoms. The smallest absolute Gasteiger partial charge is 0.336 e. The van der Waals surface area contributed by atoms with Crippen LogP contribution in [0.5, 0.6) is 0 Å². The van der Waals surface area contributed by atoms with Gasteiger partial charge in [-0.2, -0.15) is 0 Å². The Balaban J connectivity index is 1.37. The number of rotatable bonds is 7. The minimum absolute atomic E-state index is 0.00920.